The van der Waals surface area contributed by atoms with Gasteiger partial charge < -0.3 is 16.2 Å². The Kier molecular flexibility index (Phi) is 15.8. The van der Waals surface area contributed by atoms with Crippen LogP contribution in [0.5, 0.6) is 0 Å². The second-order valence-electron chi connectivity index (χ2n) is 8.31. The number of unbranched alkanes of at least 4 members (excludes halogenated alkanes) is 15. The molecule has 0 bridgehead atoms. The Morgan fingerprint density at radius 3 is 1.57 bits per heavy atom. The van der Waals surface area contributed by atoms with Gasteiger partial charge in [0.25, 0.3) is 0 Å². The van der Waals surface area contributed by atoms with Crippen molar-refractivity contribution < 1.29 is 4.74 Å². The number of anilines is 2. The molecule has 0 saturated carbocycles. The van der Waals surface area contributed by atoms with E-state index in [9.17, 15) is 0 Å². The molecule has 0 spiro atoms. The van der Waals surface area contributed by atoms with Crippen molar-refractivity contribution >= 4 is 11.4 Å². The fraction of sp³-hybridized carbons (Fsp3) is 0.760. The molecule has 1 rings (SSSR count). The first-order chi connectivity index (χ1) is 13.7. The van der Waals surface area contributed by atoms with E-state index in [-0.39, 0.29) is 0 Å². The highest BCUT2D eigenvalue weighted by atomic mass is 16.5. The summed E-state index contributed by atoms with van der Waals surface area (Å²) >= 11 is 0. The fourth-order valence-corrected chi connectivity index (χ4v) is 3.68. The number of benzene rings is 1. The maximum Gasteiger partial charge on any atom is 0.0736 e. The molecule has 0 aliphatic rings. The van der Waals surface area contributed by atoms with Crippen LogP contribution in [0.2, 0.25) is 0 Å². The zero-order valence-corrected chi connectivity index (χ0v) is 18.5. The van der Waals surface area contributed by atoms with Crippen LogP contribution in [0.25, 0.3) is 0 Å². The first kappa shape index (κ1) is 24.8. The van der Waals surface area contributed by atoms with Crippen LogP contribution in [0.3, 0.4) is 0 Å². The zero-order valence-electron chi connectivity index (χ0n) is 18.5. The zero-order chi connectivity index (χ0) is 20.3. The Morgan fingerprint density at radius 1 is 0.643 bits per heavy atom. The Labute approximate surface area is 174 Å². The van der Waals surface area contributed by atoms with E-state index in [4.69, 9.17) is 16.2 Å². The summed E-state index contributed by atoms with van der Waals surface area (Å²) in [6, 6.07) is 5.63. The molecule has 4 N–H and O–H groups in total. The quantitative estimate of drug-likeness (QED) is 0.188. The molecular weight excluding hydrogens is 344 g/mol. The SMILES string of the molecule is CCCCCCCCCCCCCCCCCCOCc1ccc(N)cc1N. The lowest BCUT2D eigenvalue weighted by molar-refractivity contribution is 0.117. The van der Waals surface area contributed by atoms with Gasteiger partial charge in [-0.05, 0) is 18.6 Å². The predicted octanol–water partition coefficient (Wildman–Crippen LogP) is 7.63. The van der Waals surface area contributed by atoms with Crippen molar-refractivity contribution in [2.24, 2.45) is 0 Å². The summed E-state index contributed by atoms with van der Waals surface area (Å²) < 4.78 is 5.74. The van der Waals surface area contributed by atoms with E-state index in [2.05, 4.69) is 6.92 Å². The van der Waals surface area contributed by atoms with Gasteiger partial charge in [0.05, 0.1) is 6.61 Å². The van der Waals surface area contributed by atoms with Crippen molar-refractivity contribution in [3.8, 4) is 0 Å². The monoisotopic (exact) mass is 390 g/mol. The van der Waals surface area contributed by atoms with Crippen LogP contribution >= 0.6 is 0 Å². The number of nitrogen functional groups attached to an aromatic ring is 2. The summed E-state index contributed by atoms with van der Waals surface area (Å²) in [5.74, 6) is 0. The average Bonchev–Trinajstić information content (AvgIpc) is 2.68. The first-order valence-corrected chi connectivity index (χ1v) is 12.0. The summed E-state index contributed by atoms with van der Waals surface area (Å²) in [5, 5.41) is 0. The minimum Gasteiger partial charge on any atom is -0.399 e. The van der Waals surface area contributed by atoms with Gasteiger partial charge in [-0.1, -0.05) is 109 Å². The van der Waals surface area contributed by atoms with Crippen molar-refractivity contribution in [1.82, 2.24) is 0 Å². The second-order valence-corrected chi connectivity index (χ2v) is 8.31. The fourth-order valence-electron chi connectivity index (χ4n) is 3.68. The minimum atomic E-state index is 0.588. The predicted molar refractivity (Wildman–Crippen MR) is 124 cm³/mol. The van der Waals surface area contributed by atoms with Gasteiger partial charge in [-0.3, -0.25) is 0 Å². The summed E-state index contributed by atoms with van der Waals surface area (Å²) in [4.78, 5) is 0. The summed E-state index contributed by atoms with van der Waals surface area (Å²) in [7, 11) is 0. The van der Waals surface area contributed by atoms with Gasteiger partial charge >= 0.3 is 0 Å². The van der Waals surface area contributed by atoms with Gasteiger partial charge in [-0.2, -0.15) is 0 Å². The molecule has 3 nitrogen and oxygen atoms in total. The molecule has 0 saturated heterocycles. The smallest absolute Gasteiger partial charge is 0.0736 e. The highest BCUT2D eigenvalue weighted by Crippen LogP contribution is 2.17. The Morgan fingerprint density at radius 2 is 1.11 bits per heavy atom. The topological polar surface area (TPSA) is 61.3 Å². The van der Waals surface area contributed by atoms with Gasteiger partial charge in [0.15, 0.2) is 0 Å². The van der Waals surface area contributed by atoms with E-state index in [0.717, 1.165) is 24.3 Å². The molecule has 0 fully saturated rings. The van der Waals surface area contributed by atoms with Crippen molar-refractivity contribution in [3.05, 3.63) is 23.8 Å². The number of hydrogen-bond donors (Lipinski definition) is 2. The molecule has 0 aliphatic heterocycles. The maximum absolute atomic E-state index is 5.94. The summed E-state index contributed by atoms with van der Waals surface area (Å²) in [6.07, 6.45) is 22.3. The van der Waals surface area contributed by atoms with Gasteiger partial charge in [0.2, 0.25) is 0 Å². The molecule has 1 aromatic rings. The van der Waals surface area contributed by atoms with Crippen LogP contribution in [0.4, 0.5) is 11.4 Å². The van der Waals surface area contributed by atoms with Gasteiger partial charge in [-0.25, -0.2) is 0 Å². The molecular formula is C25H46N2O. The Bertz CT molecular complexity index is 476. The van der Waals surface area contributed by atoms with E-state index in [0.29, 0.717) is 12.3 Å². The van der Waals surface area contributed by atoms with Crippen LogP contribution in [0, 0.1) is 0 Å². The van der Waals surface area contributed by atoms with Crippen molar-refractivity contribution in [2.75, 3.05) is 18.1 Å². The normalized spacial score (nSPS) is 11.2. The van der Waals surface area contributed by atoms with E-state index >= 15 is 0 Å². The Hall–Kier alpha value is -1.22. The maximum atomic E-state index is 5.94. The molecule has 0 atom stereocenters. The largest absolute Gasteiger partial charge is 0.399 e. The molecule has 0 unspecified atom stereocenters. The second kappa shape index (κ2) is 17.8. The van der Waals surface area contributed by atoms with Crippen LogP contribution in [0.1, 0.15) is 115 Å². The van der Waals surface area contributed by atoms with Gasteiger partial charge in [0.1, 0.15) is 0 Å². The van der Waals surface area contributed by atoms with Crippen LogP contribution < -0.4 is 11.5 Å². The number of nitrogens with two attached hydrogens (primary N) is 2. The third-order valence-electron chi connectivity index (χ3n) is 5.57. The molecule has 0 heterocycles. The third kappa shape index (κ3) is 13.9. The first-order valence-electron chi connectivity index (χ1n) is 12.0. The van der Waals surface area contributed by atoms with Crippen LogP contribution in [0.15, 0.2) is 18.2 Å². The van der Waals surface area contributed by atoms with Crippen LogP contribution in [-0.2, 0) is 11.3 Å². The summed E-state index contributed by atoms with van der Waals surface area (Å²) in [6.45, 7) is 3.70. The highest BCUT2D eigenvalue weighted by Gasteiger charge is 2.00. The average molecular weight is 391 g/mol. The molecule has 1 aromatic carbocycles. The van der Waals surface area contributed by atoms with E-state index in [1.807, 2.05) is 12.1 Å². The minimum absolute atomic E-state index is 0.588. The van der Waals surface area contributed by atoms with E-state index in [1.165, 1.54) is 96.3 Å². The lowest BCUT2D eigenvalue weighted by atomic mass is 10.0. The van der Waals surface area contributed by atoms with Crippen molar-refractivity contribution in [3.63, 3.8) is 0 Å². The molecule has 3 heteroatoms. The molecule has 0 amide bonds. The standard InChI is InChI=1S/C25H46N2O/c1-2-3-4-5-6-7-8-9-10-11-12-13-14-15-16-17-20-28-22-23-18-19-24(26)21-25(23)27/h18-19,21H,2-17,20,22,26-27H2,1H3. The van der Waals surface area contributed by atoms with Gasteiger partial charge in [-0.15, -0.1) is 0 Å². The molecule has 0 aliphatic carbocycles. The van der Waals surface area contributed by atoms with E-state index in [1.54, 1.807) is 6.07 Å². The third-order valence-corrected chi connectivity index (χ3v) is 5.57. The highest BCUT2D eigenvalue weighted by molar-refractivity contribution is 5.56. The molecule has 162 valence electrons. The molecule has 28 heavy (non-hydrogen) atoms. The van der Waals surface area contributed by atoms with Crippen molar-refractivity contribution in [1.29, 1.82) is 0 Å². The lowest BCUT2D eigenvalue weighted by Gasteiger charge is -2.08. The van der Waals surface area contributed by atoms with Crippen molar-refractivity contribution in [2.45, 2.75) is 116 Å². The summed E-state index contributed by atoms with van der Waals surface area (Å²) in [5.41, 5.74) is 14.1. The number of hydrogen-bond acceptors (Lipinski definition) is 3. The van der Waals surface area contributed by atoms with Gasteiger partial charge in [0, 0.05) is 23.5 Å². The number of rotatable bonds is 19. The lowest BCUT2D eigenvalue weighted by Crippen LogP contribution is -2.00. The van der Waals surface area contributed by atoms with E-state index < -0.39 is 0 Å². The molecule has 0 aromatic heterocycles. The Balaban J connectivity index is 1.76. The number of ether oxygens (including phenoxy) is 1. The van der Waals surface area contributed by atoms with Crippen LogP contribution in [-0.4, -0.2) is 6.61 Å². The molecule has 0 radical (unpaired) electrons.